The summed E-state index contributed by atoms with van der Waals surface area (Å²) in [5, 5.41) is 2.83. The SMILES string of the molecule is COc1ccc(NC(=O)C(C)Oc2ccc(-c3ccccc3)cc2)cc1. The molecule has 3 aromatic carbocycles. The molecule has 3 rings (SSSR count). The molecule has 0 bridgehead atoms. The number of hydrogen-bond donors (Lipinski definition) is 1. The molecule has 0 spiro atoms. The van der Waals surface area contributed by atoms with Crippen LogP contribution in [0.25, 0.3) is 11.1 Å². The molecule has 0 saturated carbocycles. The summed E-state index contributed by atoms with van der Waals surface area (Å²) in [4.78, 5) is 12.3. The van der Waals surface area contributed by atoms with Crippen LogP contribution in [-0.4, -0.2) is 19.1 Å². The van der Waals surface area contributed by atoms with Gasteiger partial charge in [0.2, 0.25) is 0 Å². The third-order valence-electron chi connectivity index (χ3n) is 4.00. The number of anilines is 1. The molecule has 0 fully saturated rings. The number of carbonyl (C=O) groups is 1. The Kier molecular flexibility index (Phi) is 5.54. The molecule has 0 heterocycles. The van der Waals surface area contributed by atoms with Gasteiger partial charge in [0.25, 0.3) is 5.91 Å². The predicted molar refractivity (Wildman–Crippen MR) is 104 cm³/mol. The van der Waals surface area contributed by atoms with Crippen LogP contribution >= 0.6 is 0 Å². The van der Waals surface area contributed by atoms with Crippen LogP contribution in [0.2, 0.25) is 0 Å². The molecule has 0 aliphatic carbocycles. The molecule has 4 nitrogen and oxygen atoms in total. The molecule has 1 unspecified atom stereocenters. The Morgan fingerprint density at radius 3 is 2.00 bits per heavy atom. The summed E-state index contributed by atoms with van der Waals surface area (Å²) in [7, 11) is 1.60. The molecule has 0 aliphatic heterocycles. The zero-order valence-corrected chi connectivity index (χ0v) is 14.8. The van der Waals surface area contributed by atoms with Crippen molar-refractivity contribution >= 4 is 11.6 Å². The van der Waals surface area contributed by atoms with E-state index in [1.807, 2.05) is 42.5 Å². The number of nitrogens with one attached hydrogen (secondary N) is 1. The molecule has 0 radical (unpaired) electrons. The van der Waals surface area contributed by atoms with Crippen LogP contribution in [0.5, 0.6) is 11.5 Å². The number of methoxy groups -OCH3 is 1. The summed E-state index contributed by atoms with van der Waals surface area (Å²) in [6.07, 6.45) is -0.611. The Morgan fingerprint density at radius 2 is 1.38 bits per heavy atom. The van der Waals surface area contributed by atoms with E-state index in [1.54, 1.807) is 38.3 Å². The maximum atomic E-state index is 12.3. The molecule has 0 aromatic heterocycles. The number of hydrogen-bond acceptors (Lipinski definition) is 3. The zero-order valence-electron chi connectivity index (χ0n) is 14.8. The van der Waals surface area contributed by atoms with Crippen LogP contribution in [0, 0.1) is 0 Å². The quantitative estimate of drug-likeness (QED) is 0.699. The second kappa shape index (κ2) is 8.21. The average Bonchev–Trinajstić information content (AvgIpc) is 2.70. The van der Waals surface area contributed by atoms with Crippen LogP contribution in [0.1, 0.15) is 6.92 Å². The highest BCUT2D eigenvalue weighted by molar-refractivity contribution is 5.94. The number of ether oxygens (including phenoxy) is 2. The Bertz CT molecular complexity index is 843. The van der Waals surface area contributed by atoms with Gasteiger partial charge in [-0.05, 0) is 54.4 Å². The van der Waals surface area contributed by atoms with E-state index in [0.717, 1.165) is 16.9 Å². The number of amides is 1. The average molecular weight is 347 g/mol. The van der Waals surface area contributed by atoms with E-state index in [0.29, 0.717) is 11.4 Å². The van der Waals surface area contributed by atoms with Gasteiger partial charge in [0.15, 0.2) is 6.10 Å². The highest BCUT2D eigenvalue weighted by Gasteiger charge is 2.15. The minimum atomic E-state index is -0.611. The summed E-state index contributed by atoms with van der Waals surface area (Å²) in [6.45, 7) is 1.73. The minimum absolute atomic E-state index is 0.206. The van der Waals surface area contributed by atoms with Crippen molar-refractivity contribution in [2.45, 2.75) is 13.0 Å². The van der Waals surface area contributed by atoms with E-state index in [9.17, 15) is 4.79 Å². The van der Waals surface area contributed by atoms with Gasteiger partial charge in [-0.1, -0.05) is 42.5 Å². The van der Waals surface area contributed by atoms with Crippen LogP contribution in [0.15, 0.2) is 78.9 Å². The van der Waals surface area contributed by atoms with Crippen molar-refractivity contribution < 1.29 is 14.3 Å². The number of benzene rings is 3. The summed E-state index contributed by atoms with van der Waals surface area (Å²) in [6, 6.07) is 25.0. The standard InChI is InChI=1S/C22H21NO3/c1-16(22(24)23-19-10-14-20(25-2)15-11-19)26-21-12-8-18(9-13-21)17-6-4-3-5-7-17/h3-16H,1-2H3,(H,23,24). The topological polar surface area (TPSA) is 47.6 Å². The molecule has 3 aromatic rings. The van der Waals surface area contributed by atoms with Crippen molar-refractivity contribution in [3.05, 3.63) is 78.9 Å². The van der Waals surface area contributed by atoms with Gasteiger partial charge in [-0.2, -0.15) is 0 Å². The third kappa shape index (κ3) is 4.42. The van der Waals surface area contributed by atoms with Crippen LogP contribution < -0.4 is 14.8 Å². The highest BCUT2D eigenvalue weighted by Crippen LogP contribution is 2.23. The van der Waals surface area contributed by atoms with E-state index >= 15 is 0 Å². The van der Waals surface area contributed by atoms with Gasteiger partial charge in [0.05, 0.1) is 7.11 Å². The third-order valence-corrected chi connectivity index (χ3v) is 4.00. The van der Waals surface area contributed by atoms with Crippen molar-refractivity contribution in [2.24, 2.45) is 0 Å². The van der Waals surface area contributed by atoms with Crippen molar-refractivity contribution in [2.75, 3.05) is 12.4 Å². The summed E-state index contributed by atoms with van der Waals surface area (Å²) < 4.78 is 10.9. The Balaban J connectivity index is 1.59. The lowest BCUT2D eigenvalue weighted by molar-refractivity contribution is -0.122. The highest BCUT2D eigenvalue weighted by atomic mass is 16.5. The van der Waals surface area contributed by atoms with E-state index < -0.39 is 6.10 Å². The van der Waals surface area contributed by atoms with E-state index in [4.69, 9.17) is 9.47 Å². The van der Waals surface area contributed by atoms with Crippen molar-refractivity contribution in [1.82, 2.24) is 0 Å². The van der Waals surface area contributed by atoms with E-state index in [-0.39, 0.29) is 5.91 Å². The van der Waals surface area contributed by atoms with Gasteiger partial charge >= 0.3 is 0 Å². The lowest BCUT2D eigenvalue weighted by Gasteiger charge is -2.15. The van der Waals surface area contributed by atoms with E-state index in [1.165, 1.54) is 0 Å². The van der Waals surface area contributed by atoms with E-state index in [2.05, 4.69) is 17.4 Å². The van der Waals surface area contributed by atoms with Crippen molar-refractivity contribution in [3.63, 3.8) is 0 Å². The number of carbonyl (C=O) groups excluding carboxylic acids is 1. The fourth-order valence-electron chi connectivity index (χ4n) is 2.53. The van der Waals surface area contributed by atoms with Gasteiger partial charge in [0.1, 0.15) is 11.5 Å². The molecule has 1 N–H and O–H groups in total. The zero-order chi connectivity index (χ0) is 18.4. The minimum Gasteiger partial charge on any atom is -0.497 e. The predicted octanol–water partition coefficient (Wildman–Crippen LogP) is 4.77. The first-order valence-electron chi connectivity index (χ1n) is 8.43. The molecular formula is C22H21NO3. The van der Waals surface area contributed by atoms with Crippen LogP contribution in [0.3, 0.4) is 0 Å². The smallest absolute Gasteiger partial charge is 0.265 e. The summed E-state index contributed by atoms with van der Waals surface area (Å²) in [5.74, 6) is 1.19. The number of rotatable bonds is 6. The second-order valence-corrected chi connectivity index (χ2v) is 5.87. The summed E-state index contributed by atoms with van der Waals surface area (Å²) in [5.41, 5.74) is 2.95. The maximum Gasteiger partial charge on any atom is 0.265 e. The van der Waals surface area contributed by atoms with Gasteiger partial charge in [-0.3, -0.25) is 4.79 Å². The van der Waals surface area contributed by atoms with Crippen molar-refractivity contribution in [1.29, 1.82) is 0 Å². The van der Waals surface area contributed by atoms with Gasteiger partial charge in [0, 0.05) is 5.69 Å². The normalized spacial score (nSPS) is 11.5. The van der Waals surface area contributed by atoms with Crippen molar-refractivity contribution in [3.8, 4) is 22.6 Å². The Labute approximate surface area is 153 Å². The molecule has 132 valence electrons. The molecule has 0 saturated heterocycles. The molecule has 0 aliphatic rings. The largest absolute Gasteiger partial charge is 0.497 e. The maximum absolute atomic E-state index is 12.3. The molecule has 1 amide bonds. The van der Waals surface area contributed by atoms with Crippen LogP contribution in [0.4, 0.5) is 5.69 Å². The van der Waals surface area contributed by atoms with Crippen LogP contribution in [-0.2, 0) is 4.79 Å². The lowest BCUT2D eigenvalue weighted by atomic mass is 10.1. The molecule has 1 atom stereocenters. The first-order chi connectivity index (χ1) is 12.7. The van der Waals surface area contributed by atoms with Gasteiger partial charge < -0.3 is 14.8 Å². The molecule has 26 heavy (non-hydrogen) atoms. The molecular weight excluding hydrogens is 326 g/mol. The molecule has 4 heteroatoms. The van der Waals surface area contributed by atoms with Gasteiger partial charge in [-0.25, -0.2) is 0 Å². The first kappa shape index (κ1) is 17.5. The first-order valence-corrected chi connectivity index (χ1v) is 8.43. The lowest BCUT2D eigenvalue weighted by Crippen LogP contribution is -2.30. The Hall–Kier alpha value is -3.27. The fraction of sp³-hybridized carbons (Fsp3) is 0.136. The monoisotopic (exact) mass is 347 g/mol. The van der Waals surface area contributed by atoms with Gasteiger partial charge in [-0.15, -0.1) is 0 Å². The Morgan fingerprint density at radius 1 is 0.808 bits per heavy atom. The summed E-state index contributed by atoms with van der Waals surface area (Å²) >= 11 is 0. The fourth-order valence-corrected chi connectivity index (χ4v) is 2.53. The second-order valence-electron chi connectivity index (χ2n) is 5.87.